The summed E-state index contributed by atoms with van der Waals surface area (Å²) in [5, 5.41) is 3.55. The molecule has 0 radical (unpaired) electrons. The van der Waals surface area contributed by atoms with Gasteiger partial charge in [0.05, 0.1) is 0 Å². The molecule has 2 atom stereocenters. The molecule has 0 aliphatic carbocycles. The Morgan fingerprint density at radius 3 is 2.75 bits per heavy atom. The summed E-state index contributed by atoms with van der Waals surface area (Å²) in [4.78, 5) is 5.06. The van der Waals surface area contributed by atoms with Gasteiger partial charge < -0.3 is 15.1 Å². The van der Waals surface area contributed by atoms with Crippen LogP contribution in [-0.4, -0.2) is 61.7 Å². The van der Waals surface area contributed by atoms with Crippen LogP contribution in [0, 0.1) is 0 Å². The topological polar surface area (TPSA) is 18.5 Å². The van der Waals surface area contributed by atoms with Gasteiger partial charge in [-0.25, -0.2) is 0 Å². The second kappa shape index (κ2) is 7.25. The first kappa shape index (κ1) is 13.9. The molecule has 2 unspecified atom stereocenters. The molecule has 0 bridgehead atoms. The molecule has 1 fully saturated rings. The van der Waals surface area contributed by atoms with E-state index in [2.05, 4.69) is 42.9 Å². The Morgan fingerprint density at radius 1 is 1.38 bits per heavy atom. The maximum atomic E-state index is 3.55. The van der Waals surface area contributed by atoms with Crippen LogP contribution in [0.4, 0.5) is 0 Å². The third-order valence-electron chi connectivity index (χ3n) is 3.66. The molecule has 0 aromatic rings. The van der Waals surface area contributed by atoms with E-state index >= 15 is 0 Å². The van der Waals surface area contributed by atoms with Crippen molar-refractivity contribution in [2.45, 2.75) is 45.7 Å². The first-order chi connectivity index (χ1) is 7.63. The van der Waals surface area contributed by atoms with Gasteiger partial charge in [-0.05, 0) is 46.8 Å². The molecule has 0 saturated carbocycles. The molecule has 1 heterocycles. The molecule has 3 heteroatoms. The lowest BCUT2D eigenvalue weighted by Gasteiger charge is -2.38. The number of hydrogen-bond acceptors (Lipinski definition) is 3. The SMILES string of the molecule is CCCNC(C)CCN1CCN(C)C(C)C1. The Kier molecular flexibility index (Phi) is 6.32. The summed E-state index contributed by atoms with van der Waals surface area (Å²) < 4.78 is 0. The highest BCUT2D eigenvalue weighted by molar-refractivity contribution is 4.77. The highest BCUT2D eigenvalue weighted by Crippen LogP contribution is 2.07. The lowest BCUT2D eigenvalue weighted by atomic mass is 10.1. The number of rotatable bonds is 6. The van der Waals surface area contributed by atoms with Gasteiger partial charge in [-0.3, -0.25) is 0 Å². The van der Waals surface area contributed by atoms with E-state index in [0.29, 0.717) is 12.1 Å². The lowest BCUT2D eigenvalue weighted by Crippen LogP contribution is -2.50. The van der Waals surface area contributed by atoms with Crippen molar-refractivity contribution in [1.29, 1.82) is 0 Å². The van der Waals surface area contributed by atoms with Crippen LogP contribution < -0.4 is 5.32 Å². The van der Waals surface area contributed by atoms with Crippen molar-refractivity contribution in [3.8, 4) is 0 Å². The quantitative estimate of drug-likeness (QED) is 0.740. The Labute approximate surface area is 101 Å². The Morgan fingerprint density at radius 2 is 2.12 bits per heavy atom. The molecule has 16 heavy (non-hydrogen) atoms. The van der Waals surface area contributed by atoms with E-state index in [1.807, 2.05) is 0 Å². The molecule has 1 aliphatic heterocycles. The molecule has 1 N–H and O–H groups in total. The predicted molar refractivity (Wildman–Crippen MR) is 70.9 cm³/mol. The van der Waals surface area contributed by atoms with Crippen molar-refractivity contribution in [3.05, 3.63) is 0 Å². The Balaban J connectivity index is 2.13. The first-order valence-electron chi connectivity index (χ1n) is 6.79. The molecule has 0 amide bonds. The van der Waals surface area contributed by atoms with Gasteiger partial charge in [0.25, 0.3) is 0 Å². The van der Waals surface area contributed by atoms with Crippen LogP contribution in [-0.2, 0) is 0 Å². The zero-order chi connectivity index (χ0) is 12.0. The summed E-state index contributed by atoms with van der Waals surface area (Å²) in [5.41, 5.74) is 0. The average molecular weight is 227 g/mol. The van der Waals surface area contributed by atoms with Crippen molar-refractivity contribution in [1.82, 2.24) is 15.1 Å². The van der Waals surface area contributed by atoms with E-state index in [9.17, 15) is 0 Å². The molecule has 0 aromatic carbocycles. The maximum Gasteiger partial charge on any atom is 0.0192 e. The van der Waals surface area contributed by atoms with Crippen molar-refractivity contribution in [3.63, 3.8) is 0 Å². The second-order valence-electron chi connectivity index (χ2n) is 5.27. The van der Waals surface area contributed by atoms with Crippen LogP contribution in [0.5, 0.6) is 0 Å². The Bertz CT molecular complexity index is 184. The zero-order valence-corrected chi connectivity index (χ0v) is 11.5. The smallest absolute Gasteiger partial charge is 0.0192 e. The fourth-order valence-electron chi connectivity index (χ4n) is 2.20. The van der Waals surface area contributed by atoms with Crippen LogP contribution >= 0.6 is 0 Å². The number of piperazine rings is 1. The molecule has 0 spiro atoms. The highest BCUT2D eigenvalue weighted by atomic mass is 15.3. The number of nitrogens with zero attached hydrogens (tertiary/aromatic N) is 2. The van der Waals surface area contributed by atoms with Gasteiger partial charge in [-0.15, -0.1) is 0 Å². The zero-order valence-electron chi connectivity index (χ0n) is 11.5. The fourth-order valence-corrected chi connectivity index (χ4v) is 2.20. The van der Waals surface area contributed by atoms with E-state index in [0.717, 1.165) is 6.54 Å². The van der Waals surface area contributed by atoms with Gasteiger partial charge in [-0.1, -0.05) is 6.92 Å². The first-order valence-corrected chi connectivity index (χ1v) is 6.79. The summed E-state index contributed by atoms with van der Waals surface area (Å²) in [6.07, 6.45) is 2.51. The fraction of sp³-hybridized carbons (Fsp3) is 1.00. The van der Waals surface area contributed by atoms with E-state index in [4.69, 9.17) is 0 Å². The van der Waals surface area contributed by atoms with Crippen molar-refractivity contribution >= 4 is 0 Å². The van der Waals surface area contributed by atoms with Gasteiger partial charge >= 0.3 is 0 Å². The van der Waals surface area contributed by atoms with Crippen LogP contribution in [0.3, 0.4) is 0 Å². The minimum absolute atomic E-state index is 0.662. The highest BCUT2D eigenvalue weighted by Gasteiger charge is 2.20. The summed E-state index contributed by atoms with van der Waals surface area (Å²) in [5.74, 6) is 0. The lowest BCUT2D eigenvalue weighted by molar-refractivity contribution is 0.102. The van der Waals surface area contributed by atoms with Gasteiger partial charge in [0.1, 0.15) is 0 Å². The molecule has 1 saturated heterocycles. The average Bonchev–Trinajstić information content (AvgIpc) is 2.28. The molecule has 1 aliphatic rings. The number of likely N-dealkylation sites (N-methyl/N-ethyl adjacent to an activating group) is 1. The minimum Gasteiger partial charge on any atom is -0.314 e. The number of nitrogens with one attached hydrogen (secondary N) is 1. The summed E-state index contributed by atoms with van der Waals surface area (Å²) in [7, 11) is 2.23. The molecular weight excluding hydrogens is 198 g/mol. The molecule has 1 rings (SSSR count). The maximum absolute atomic E-state index is 3.55. The van der Waals surface area contributed by atoms with Crippen LogP contribution in [0.15, 0.2) is 0 Å². The van der Waals surface area contributed by atoms with Gasteiger partial charge in [0.15, 0.2) is 0 Å². The van der Waals surface area contributed by atoms with E-state index < -0.39 is 0 Å². The van der Waals surface area contributed by atoms with Crippen LogP contribution in [0.25, 0.3) is 0 Å². The van der Waals surface area contributed by atoms with Crippen LogP contribution in [0.2, 0.25) is 0 Å². The van der Waals surface area contributed by atoms with Crippen molar-refractivity contribution in [2.24, 2.45) is 0 Å². The van der Waals surface area contributed by atoms with Gasteiger partial charge in [0, 0.05) is 31.7 Å². The summed E-state index contributed by atoms with van der Waals surface area (Å²) >= 11 is 0. The normalized spacial score (nSPS) is 25.9. The van der Waals surface area contributed by atoms with Crippen molar-refractivity contribution in [2.75, 3.05) is 39.8 Å². The van der Waals surface area contributed by atoms with Crippen LogP contribution in [0.1, 0.15) is 33.6 Å². The molecule has 3 nitrogen and oxygen atoms in total. The number of hydrogen-bond donors (Lipinski definition) is 1. The van der Waals surface area contributed by atoms with Gasteiger partial charge in [-0.2, -0.15) is 0 Å². The monoisotopic (exact) mass is 227 g/mol. The standard InChI is InChI=1S/C13H29N3/c1-5-7-14-12(2)6-8-16-10-9-15(4)13(3)11-16/h12-14H,5-11H2,1-4H3. The second-order valence-corrected chi connectivity index (χ2v) is 5.27. The predicted octanol–water partition coefficient (Wildman–Crippen LogP) is 1.40. The largest absolute Gasteiger partial charge is 0.314 e. The summed E-state index contributed by atoms with van der Waals surface area (Å²) in [6, 6.07) is 1.38. The third-order valence-corrected chi connectivity index (χ3v) is 3.66. The van der Waals surface area contributed by atoms with E-state index in [1.165, 1.54) is 39.0 Å². The van der Waals surface area contributed by atoms with E-state index in [1.54, 1.807) is 0 Å². The minimum atomic E-state index is 0.662. The van der Waals surface area contributed by atoms with Crippen molar-refractivity contribution < 1.29 is 0 Å². The molecule has 0 aromatic heterocycles. The Hall–Kier alpha value is -0.120. The molecular formula is C13H29N3. The van der Waals surface area contributed by atoms with E-state index in [-0.39, 0.29) is 0 Å². The molecule has 96 valence electrons. The van der Waals surface area contributed by atoms with Gasteiger partial charge in [0.2, 0.25) is 0 Å². The summed E-state index contributed by atoms with van der Waals surface area (Å²) in [6.45, 7) is 12.9. The third kappa shape index (κ3) is 4.81.